The summed E-state index contributed by atoms with van der Waals surface area (Å²) in [6, 6.07) is 3.46. The molecule has 0 amide bonds. The summed E-state index contributed by atoms with van der Waals surface area (Å²) in [7, 11) is 0. The van der Waals surface area contributed by atoms with Gasteiger partial charge >= 0.3 is 12.4 Å². The number of aliphatic hydroxyl groups is 1. The fraction of sp³-hybridized carbons (Fsp3) is 0.370. The third-order valence-electron chi connectivity index (χ3n) is 7.32. The van der Waals surface area contributed by atoms with E-state index < -0.39 is 65.3 Å². The molecule has 1 aromatic carbocycles. The van der Waals surface area contributed by atoms with E-state index in [-0.39, 0.29) is 29.0 Å². The average Bonchev–Trinajstić information content (AvgIpc) is 2.91. The fourth-order valence-electron chi connectivity index (χ4n) is 4.92. The largest absolute Gasteiger partial charge is 0.423 e. The van der Waals surface area contributed by atoms with Crippen LogP contribution in [-0.2, 0) is 12.7 Å². The van der Waals surface area contributed by atoms with Crippen molar-refractivity contribution in [2.24, 2.45) is 0 Å². The van der Waals surface area contributed by atoms with Gasteiger partial charge < -0.3 is 19.9 Å². The average molecular weight is 628 g/mol. The molecule has 3 N–H and O–H groups in total. The maximum Gasteiger partial charge on any atom is 0.423 e. The number of aromatic nitrogens is 5. The van der Waals surface area contributed by atoms with Gasteiger partial charge in [-0.1, -0.05) is 0 Å². The molecule has 0 spiro atoms. The molecular formula is C27H24F7N7O3. The van der Waals surface area contributed by atoms with Crippen molar-refractivity contribution in [2.75, 3.05) is 23.3 Å². The minimum atomic E-state index is -4.88. The number of H-pyrrole nitrogens is 1. The maximum atomic E-state index is 15.1. The summed E-state index contributed by atoms with van der Waals surface area (Å²) in [4.78, 5) is 34.0. The highest BCUT2D eigenvalue weighted by molar-refractivity contribution is 5.86. The van der Waals surface area contributed by atoms with E-state index in [1.807, 2.05) is 0 Å². The Balaban J connectivity index is 1.25. The molecule has 234 valence electrons. The number of hydrogen-bond donors (Lipinski definition) is 3. The number of aryl methyl sites for hydroxylation is 1. The first-order valence-electron chi connectivity index (χ1n) is 13.2. The lowest BCUT2D eigenvalue weighted by Crippen LogP contribution is -2.69. The van der Waals surface area contributed by atoms with Crippen LogP contribution in [0, 0.1) is 5.82 Å². The number of alkyl halides is 6. The second-order valence-corrected chi connectivity index (χ2v) is 10.6. The number of hydrogen-bond acceptors (Lipinski definition) is 8. The molecule has 0 saturated carbocycles. The molecular weight excluding hydrogens is 603 g/mol. The summed E-state index contributed by atoms with van der Waals surface area (Å²) < 4.78 is 94.9. The Kier molecular flexibility index (Phi) is 7.86. The second-order valence-electron chi connectivity index (χ2n) is 10.6. The van der Waals surface area contributed by atoms with Gasteiger partial charge in [0.2, 0.25) is 0 Å². The lowest BCUT2D eigenvalue weighted by Gasteiger charge is -2.47. The topological polar surface area (TPSA) is 129 Å². The van der Waals surface area contributed by atoms with Crippen molar-refractivity contribution in [2.45, 2.75) is 50.3 Å². The molecule has 5 rings (SSSR count). The van der Waals surface area contributed by atoms with Crippen molar-refractivity contribution in [3.05, 3.63) is 75.1 Å². The summed E-state index contributed by atoms with van der Waals surface area (Å²) in [6.07, 6.45) is -4.19. The van der Waals surface area contributed by atoms with E-state index in [4.69, 9.17) is 0 Å². The van der Waals surface area contributed by atoms with E-state index in [1.54, 1.807) is 18.1 Å². The summed E-state index contributed by atoms with van der Waals surface area (Å²) in [6.45, 7) is 0.419. The third-order valence-corrected chi connectivity index (χ3v) is 7.32. The number of nitrogens with one attached hydrogen (secondary N) is 2. The first kappa shape index (κ1) is 30.9. The number of rotatable bonds is 8. The molecule has 1 unspecified atom stereocenters. The van der Waals surface area contributed by atoms with Crippen LogP contribution in [0.2, 0.25) is 0 Å². The molecule has 1 saturated heterocycles. The highest BCUT2D eigenvalue weighted by atomic mass is 19.4. The first-order valence-corrected chi connectivity index (χ1v) is 13.2. The standard InChI is InChI=1S/C27H24F7N7O3/c1-14(38-20-11-37-39-23(42)21(20)26(29,30)31)3-2-5-40-6-4-15-7-18(19(28)8-17(15)24(40)43)22-35-9-16(10-36-22)41-12-25(44,13-41)27(32,33)34/h4,6-11,14,44H,2-3,5,12-13H2,1H3,(H2,38,39,42). The Morgan fingerprint density at radius 3 is 2.41 bits per heavy atom. The quantitative estimate of drug-likeness (QED) is 0.249. The number of fused-ring (bicyclic) bond motifs is 1. The van der Waals surface area contributed by atoms with Gasteiger partial charge in [0, 0.05) is 18.8 Å². The van der Waals surface area contributed by atoms with Crippen LogP contribution in [0.25, 0.3) is 22.2 Å². The zero-order valence-electron chi connectivity index (χ0n) is 22.8. The zero-order chi connectivity index (χ0) is 32.0. The summed E-state index contributed by atoms with van der Waals surface area (Å²) >= 11 is 0. The molecule has 1 fully saturated rings. The van der Waals surface area contributed by atoms with E-state index in [2.05, 4.69) is 20.4 Å². The smallest absolute Gasteiger partial charge is 0.381 e. The van der Waals surface area contributed by atoms with Crippen LogP contribution in [0.4, 0.5) is 42.1 Å². The van der Waals surface area contributed by atoms with Crippen molar-refractivity contribution in [3.8, 4) is 11.4 Å². The van der Waals surface area contributed by atoms with Crippen molar-refractivity contribution >= 4 is 22.1 Å². The van der Waals surface area contributed by atoms with Gasteiger partial charge in [-0.2, -0.15) is 31.4 Å². The van der Waals surface area contributed by atoms with E-state index in [0.717, 1.165) is 12.3 Å². The van der Waals surface area contributed by atoms with Crippen molar-refractivity contribution in [3.63, 3.8) is 0 Å². The maximum absolute atomic E-state index is 15.1. The molecule has 1 atom stereocenters. The number of pyridine rings is 1. The molecule has 17 heteroatoms. The number of anilines is 2. The Morgan fingerprint density at radius 1 is 1.09 bits per heavy atom. The Morgan fingerprint density at radius 2 is 1.77 bits per heavy atom. The summed E-state index contributed by atoms with van der Waals surface area (Å²) in [5.41, 5.74) is -6.36. The van der Waals surface area contributed by atoms with E-state index in [0.29, 0.717) is 18.2 Å². The number of nitrogens with zero attached hydrogens (tertiary/aromatic N) is 5. The second kappa shape index (κ2) is 11.2. The molecule has 10 nitrogen and oxygen atoms in total. The molecule has 0 radical (unpaired) electrons. The SMILES string of the molecule is CC(CCCn1ccc2cc(-c3ncc(N4CC(O)(C(F)(F)F)C4)cn3)c(F)cc2c1=O)Nc1cn[nH]c(=O)c1C(F)(F)F. The number of benzene rings is 1. The highest BCUT2D eigenvalue weighted by Crippen LogP contribution is 2.39. The zero-order valence-corrected chi connectivity index (χ0v) is 22.8. The van der Waals surface area contributed by atoms with Gasteiger partial charge in [-0.3, -0.25) is 9.59 Å². The van der Waals surface area contributed by atoms with E-state index in [1.165, 1.54) is 34.1 Å². The van der Waals surface area contributed by atoms with Gasteiger partial charge in [-0.15, -0.1) is 0 Å². The minimum absolute atomic E-state index is 0.0380. The van der Waals surface area contributed by atoms with Gasteiger partial charge in [0.25, 0.3) is 11.1 Å². The molecule has 0 aliphatic carbocycles. The number of β-amino-alcohol motifs (C(OH)–C–C–N with tert-alkyl or cyclic N) is 1. The van der Waals surface area contributed by atoms with Crippen LogP contribution in [0.5, 0.6) is 0 Å². The van der Waals surface area contributed by atoms with Crippen LogP contribution in [-0.4, -0.2) is 60.7 Å². The van der Waals surface area contributed by atoms with E-state index >= 15 is 4.39 Å². The van der Waals surface area contributed by atoms with Gasteiger partial charge in [0.15, 0.2) is 11.4 Å². The predicted octanol–water partition coefficient (Wildman–Crippen LogP) is 4.09. The van der Waals surface area contributed by atoms with Gasteiger partial charge in [0.1, 0.15) is 11.4 Å². The van der Waals surface area contributed by atoms with Crippen LogP contribution in [0.1, 0.15) is 25.3 Å². The van der Waals surface area contributed by atoms with Gasteiger partial charge in [0.05, 0.1) is 54.0 Å². The van der Waals surface area contributed by atoms with Crippen molar-refractivity contribution < 1.29 is 35.8 Å². The normalized spacial score (nSPS) is 15.7. The molecule has 3 aromatic heterocycles. The summed E-state index contributed by atoms with van der Waals surface area (Å²) in [5.74, 6) is -0.866. The number of aromatic amines is 1. The lowest BCUT2D eigenvalue weighted by atomic mass is 9.93. The first-order chi connectivity index (χ1) is 20.6. The Hall–Kier alpha value is -4.54. The predicted molar refractivity (Wildman–Crippen MR) is 145 cm³/mol. The third kappa shape index (κ3) is 5.95. The monoisotopic (exact) mass is 627 g/mol. The van der Waals surface area contributed by atoms with Crippen LogP contribution in [0.15, 0.2) is 52.6 Å². The highest BCUT2D eigenvalue weighted by Gasteiger charge is 2.61. The molecule has 1 aliphatic rings. The summed E-state index contributed by atoms with van der Waals surface area (Å²) in [5, 5.41) is 17.9. The molecule has 1 aliphatic heterocycles. The number of halogens is 7. The van der Waals surface area contributed by atoms with Crippen molar-refractivity contribution in [1.29, 1.82) is 0 Å². The Bertz CT molecular complexity index is 1800. The van der Waals surface area contributed by atoms with Gasteiger partial charge in [-0.05, 0) is 43.4 Å². The Labute approximate surface area is 243 Å². The minimum Gasteiger partial charge on any atom is -0.381 e. The fourth-order valence-corrected chi connectivity index (χ4v) is 4.92. The molecule has 0 bridgehead atoms. The van der Waals surface area contributed by atoms with E-state index in [9.17, 15) is 41.0 Å². The van der Waals surface area contributed by atoms with Crippen LogP contribution < -0.4 is 21.3 Å². The van der Waals surface area contributed by atoms with Crippen LogP contribution >= 0.6 is 0 Å². The lowest BCUT2D eigenvalue weighted by molar-refractivity contribution is -0.267. The van der Waals surface area contributed by atoms with Crippen LogP contribution in [0.3, 0.4) is 0 Å². The molecule has 44 heavy (non-hydrogen) atoms. The molecule has 4 aromatic rings. The molecule has 4 heterocycles. The van der Waals surface area contributed by atoms with Crippen molar-refractivity contribution in [1.82, 2.24) is 24.7 Å². The van der Waals surface area contributed by atoms with Gasteiger partial charge in [-0.25, -0.2) is 19.5 Å².